The van der Waals surface area contributed by atoms with E-state index in [1.165, 1.54) is 0 Å². The number of nitrogens with zero attached hydrogens (tertiary/aromatic N) is 4. The van der Waals surface area contributed by atoms with Crippen molar-refractivity contribution in [2.45, 2.75) is 51.4 Å². The maximum Gasteiger partial charge on any atom is 0.237 e. The molecule has 0 radical (unpaired) electrons. The fourth-order valence-electron chi connectivity index (χ4n) is 5.02. The van der Waals surface area contributed by atoms with Crippen molar-refractivity contribution in [1.82, 2.24) is 9.97 Å². The molecule has 1 heterocycles. The van der Waals surface area contributed by atoms with Gasteiger partial charge in [-0.1, -0.05) is 38.5 Å². The van der Waals surface area contributed by atoms with E-state index in [2.05, 4.69) is 36.1 Å². The van der Waals surface area contributed by atoms with Gasteiger partial charge in [-0.3, -0.25) is 4.79 Å². The molecule has 6 nitrogen and oxygen atoms in total. The van der Waals surface area contributed by atoms with Crippen molar-refractivity contribution in [2.24, 2.45) is 5.41 Å². The molecule has 1 aromatic heterocycles. The van der Waals surface area contributed by atoms with Crippen LogP contribution in [0.5, 0.6) is 0 Å². The average molecular weight is 371 g/mol. The first-order valence-corrected chi connectivity index (χ1v) is 9.32. The number of hydrogen-bond acceptors (Lipinski definition) is 5. The molecule has 28 heavy (non-hydrogen) atoms. The van der Waals surface area contributed by atoms with Crippen molar-refractivity contribution < 1.29 is 4.79 Å². The number of carbonyl (C=O) groups excluding carboxylic acids is 1. The lowest BCUT2D eigenvalue weighted by Crippen LogP contribution is -2.48. The van der Waals surface area contributed by atoms with Gasteiger partial charge in [-0.25, -0.2) is 9.97 Å². The molecule has 0 aliphatic heterocycles. The first-order chi connectivity index (χ1) is 13.2. The zero-order valence-electron chi connectivity index (χ0n) is 16.4. The number of benzene rings is 1. The van der Waals surface area contributed by atoms with Gasteiger partial charge in [0.25, 0.3) is 0 Å². The Balaban J connectivity index is 1.89. The summed E-state index contributed by atoms with van der Waals surface area (Å²) < 4.78 is 0. The monoisotopic (exact) mass is 371 g/mol. The predicted octanol–water partition coefficient (Wildman–Crippen LogP) is 3.50. The third-order valence-corrected chi connectivity index (χ3v) is 7.18. The van der Waals surface area contributed by atoms with Gasteiger partial charge >= 0.3 is 0 Å². The second-order valence-corrected chi connectivity index (χ2v) is 8.52. The van der Waals surface area contributed by atoms with Crippen molar-refractivity contribution in [2.75, 3.05) is 5.32 Å². The molecule has 1 N–H and O–H groups in total. The Bertz CT molecular complexity index is 1090. The standard InChI is InChI=1S/C22H21N5O/c1-13-5-7-14(8-6-13)25-19(28)22-10-9-21(4,20(22,2)3)17-18(22)27-16(12-24)15(11-23)26-17/h5-8H,9-10H2,1-4H3,(H,25,28). The van der Waals surface area contributed by atoms with E-state index in [1.807, 2.05) is 43.3 Å². The van der Waals surface area contributed by atoms with Crippen molar-refractivity contribution >= 4 is 11.6 Å². The number of carbonyl (C=O) groups is 1. The van der Waals surface area contributed by atoms with Crippen molar-refractivity contribution in [3.63, 3.8) is 0 Å². The van der Waals surface area contributed by atoms with Gasteiger partial charge in [0.15, 0.2) is 11.4 Å². The Morgan fingerprint density at radius 3 is 2.14 bits per heavy atom. The Morgan fingerprint density at radius 1 is 1.00 bits per heavy atom. The fourth-order valence-corrected chi connectivity index (χ4v) is 5.02. The van der Waals surface area contributed by atoms with Crippen molar-refractivity contribution in [1.29, 1.82) is 10.5 Å². The summed E-state index contributed by atoms with van der Waals surface area (Å²) in [5.74, 6) is -0.133. The number of rotatable bonds is 2. The molecule has 0 saturated heterocycles. The number of aromatic nitrogens is 2. The summed E-state index contributed by atoms with van der Waals surface area (Å²) in [4.78, 5) is 22.6. The second-order valence-electron chi connectivity index (χ2n) is 8.52. The summed E-state index contributed by atoms with van der Waals surface area (Å²) in [6.07, 6.45) is 1.41. The van der Waals surface area contributed by atoms with Crippen LogP contribution in [-0.4, -0.2) is 15.9 Å². The van der Waals surface area contributed by atoms with Gasteiger partial charge in [-0.05, 0) is 37.3 Å². The highest BCUT2D eigenvalue weighted by atomic mass is 16.2. The van der Waals surface area contributed by atoms with Crippen LogP contribution in [0.3, 0.4) is 0 Å². The Labute approximate surface area is 164 Å². The van der Waals surface area contributed by atoms with E-state index in [0.29, 0.717) is 17.8 Å². The second kappa shape index (κ2) is 5.62. The van der Waals surface area contributed by atoms with E-state index in [1.54, 1.807) is 0 Å². The average Bonchev–Trinajstić information content (AvgIpc) is 2.98. The summed E-state index contributed by atoms with van der Waals surface area (Å²) in [7, 11) is 0. The third kappa shape index (κ3) is 1.98. The van der Waals surface area contributed by atoms with Crippen LogP contribution < -0.4 is 5.32 Å². The number of nitrogens with one attached hydrogen (secondary N) is 1. The maximum absolute atomic E-state index is 13.6. The lowest BCUT2D eigenvalue weighted by atomic mass is 9.63. The van der Waals surface area contributed by atoms with Crippen LogP contribution in [0.15, 0.2) is 24.3 Å². The molecular weight excluding hydrogens is 350 g/mol. The quantitative estimate of drug-likeness (QED) is 0.870. The van der Waals surface area contributed by atoms with E-state index < -0.39 is 10.8 Å². The number of aryl methyl sites for hydroxylation is 1. The van der Waals surface area contributed by atoms with Crippen LogP contribution in [0.1, 0.15) is 62.0 Å². The van der Waals surface area contributed by atoms with E-state index in [0.717, 1.165) is 17.7 Å². The van der Waals surface area contributed by atoms with Gasteiger partial charge in [0, 0.05) is 11.1 Å². The van der Waals surface area contributed by atoms with Crippen LogP contribution in [0, 0.1) is 35.0 Å². The highest BCUT2D eigenvalue weighted by Gasteiger charge is 2.73. The zero-order chi connectivity index (χ0) is 20.3. The highest BCUT2D eigenvalue weighted by Crippen LogP contribution is 2.70. The summed E-state index contributed by atoms with van der Waals surface area (Å²) in [6.45, 7) is 8.21. The molecule has 1 aromatic carbocycles. The largest absolute Gasteiger partial charge is 0.325 e. The van der Waals surface area contributed by atoms with Gasteiger partial charge in [0.1, 0.15) is 12.1 Å². The molecule has 1 amide bonds. The molecule has 2 bridgehead atoms. The minimum atomic E-state index is -0.894. The maximum atomic E-state index is 13.6. The summed E-state index contributed by atoms with van der Waals surface area (Å²) in [6, 6.07) is 11.6. The molecule has 4 rings (SSSR count). The molecule has 2 unspecified atom stereocenters. The molecular formula is C22H21N5O. The summed E-state index contributed by atoms with van der Waals surface area (Å²) in [5.41, 5.74) is 1.33. The molecule has 6 heteroatoms. The predicted molar refractivity (Wildman–Crippen MR) is 103 cm³/mol. The smallest absolute Gasteiger partial charge is 0.237 e. The first-order valence-electron chi connectivity index (χ1n) is 9.32. The van der Waals surface area contributed by atoms with Gasteiger partial charge < -0.3 is 5.32 Å². The topological polar surface area (TPSA) is 102 Å². The SMILES string of the molecule is Cc1ccc(NC(=O)C23CCC(C)(c4nc(C#N)c(C#N)nc42)C3(C)C)cc1. The third-order valence-electron chi connectivity index (χ3n) is 7.18. The number of nitriles is 2. The highest BCUT2D eigenvalue weighted by molar-refractivity contribution is 6.01. The number of amides is 1. The Morgan fingerprint density at radius 2 is 1.57 bits per heavy atom. The normalized spacial score (nSPS) is 26.2. The summed E-state index contributed by atoms with van der Waals surface area (Å²) >= 11 is 0. The number of anilines is 1. The van der Waals surface area contributed by atoms with E-state index >= 15 is 0 Å². The first kappa shape index (κ1) is 18.1. The minimum Gasteiger partial charge on any atom is -0.325 e. The van der Waals surface area contributed by atoms with Crippen molar-refractivity contribution in [3.05, 3.63) is 52.6 Å². The molecule has 2 atom stereocenters. The van der Waals surface area contributed by atoms with Gasteiger partial charge in [-0.2, -0.15) is 10.5 Å². The van der Waals surface area contributed by atoms with Crippen LogP contribution in [0.25, 0.3) is 0 Å². The van der Waals surface area contributed by atoms with E-state index in [4.69, 9.17) is 0 Å². The van der Waals surface area contributed by atoms with E-state index in [-0.39, 0.29) is 22.7 Å². The molecule has 2 aromatic rings. The molecule has 2 aliphatic rings. The van der Waals surface area contributed by atoms with Crippen LogP contribution >= 0.6 is 0 Å². The lowest BCUT2D eigenvalue weighted by molar-refractivity contribution is -0.125. The molecule has 0 spiro atoms. The molecule has 140 valence electrons. The Hall–Kier alpha value is -3.25. The molecule has 2 aliphatic carbocycles. The molecule has 1 saturated carbocycles. The van der Waals surface area contributed by atoms with Crippen LogP contribution in [0.2, 0.25) is 0 Å². The van der Waals surface area contributed by atoms with Gasteiger partial charge in [-0.15, -0.1) is 0 Å². The number of fused-ring (bicyclic) bond motifs is 5. The van der Waals surface area contributed by atoms with Crippen molar-refractivity contribution in [3.8, 4) is 12.1 Å². The van der Waals surface area contributed by atoms with Crippen LogP contribution in [-0.2, 0) is 15.6 Å². The lowest BCUT2D eigenvalue weighted by Gasteiger charge is -2.39. The minimum absolute atomic E-state index is 0.0179. The van der Waals surface area contributed by atoms with Crippen LogP contribution in [0.4, 0.5) is 5.69 Å². The fraction of sp³-hybridized carbons (Fsp3) is 0.409. The Kier molecular flexibility index (Phi) is 3.64. The summed E-state index contributed by atoms with van der Waals surface area (Å²) in [5, 5.41) is 21.9. The van der Waals surface area contributed by atoms with E-state index in [9.17, 15) is 15.3 Å². The van der Waals surface area contributed by atoms with Gasteiger partial charge in [0.05, 0.1) is 16.8 Å². The van der Waals surface area contributed by atoms with Gasteiger partial charge in [0.2, 0.25) is 5.91 Å². The zero-order valence-corrected chi connectivity index (χ0v) is 16.4. The molecule has 1 fully saturated rings. The number of hydrogen-bond donors (Lipinski definition) is 1.